The van der Waals surface area contributed by atoms with Crippen LogP contribution >= 0.6 is 0 Å². The van der Waals surface area contributed by atoms with Crippen LogP contribution in [0.4, 0.5) is 0 Å². The van der Waals surface area contributed by atoms with Crippen molar-refractivity contribution in [2.24, 2.45) is 0 Å². The highest BCUT2D eigenvalue weighted by Gasteiger charge is 2.71. The van der Waals surface area contributed by atoms with Crippen LogP contribution in [-0.2, 0) is 0 Å². The standard InChI is InChI=1S/C27H55Si8/c1-29(2,3)28(30(4,5)6)34(26-22-18-16-19-23-26,27-24-20-17-21-25-27)35(31(7,8)9,32(10,11)12)33(13,14)15/h16-25H,1-15H3/q-1. The molecule has 0 saturated carbocycles. The summed E-state index contributed by atoms with van der Waals surface area (Å²) in [6.07, 6.45) is -1.77. The van der Waals surface area contributed by atoms with Gasteiger partial charge >= 0.3 is 0 Å². The normalized spacial score (nSPS) is 15.0. The van der Waals surface area contributed by atoms with Crippen LogP contribution in [0.1, 0.15) is 0 Å². The second-order valence-corrected chi connectivity index (χ2v) is 98.8. The molecule has 2 aromatic carbocycles. The van der Waals surface area contributed by atoms with Crippen molar-refractivity contribution in [3.63, 3.8) is 0 Å². The van der Waals surface area contributed by atoms with Crippen molar-refractivity contribution in [1.29, 1.82) is 0 Å². The molecule has 0 radical (unpaired) electrons. The quantitative estimate of drug-likeness (QED) is 0.261. The van der Waals surface area contributed by atoms with Crippen molar-refractivity contribution in [3.05, 3.63) is 60.7 Å². The Labute approximate surface area is 226 Å². The van der Waals surface area contributed by atoms with Gasteiger partial charge in [-0.2, -0.15) is 0 Å². The van der Waals surface area contributed by atoms with Crippen molar-refractivity contribution in [2.45, 2.75) is 98.2 Å². The number of rotatable bonds is 9. The molecule has 0 N–H and O–H groups in total. The number of hydrogen-bond acceptors (Lipinski definition) is 0. The molecule has 0 heterocycles. The smallest absolute Gasteiger partial charge is 0.0293 e. The van der Waals surface area contributed by atoms with Crippen LogP contribution in [0, 0.1) is 0 Å². The SMILES string of the molecule is C[Si](C)(C)[Si-]([Si](C)(C)C)[Si](c1ccccc1)(c1ccccc1)[Si]([Si](C)(C)C)([Si](C)(C)C)[Si](C)(C)C. The van der Waals surface area contributed by atoms with Gasteiger partial charge in [-0.05, 0) is 7.11 Å². The molecule has 0 aromatic heterocycles. The van der Waals surface area contributed by atoms with Crippen LogP contribution < -0.4 is 10.4 Å². The third-order valence-corrected chi connectivity index (χ3v) is 182. The highest BCUT2D eigenvalue weighted by molar-refractivity contribution is 8.20. The van der Waals surface area contributed by atoms with Gasteiger partial charge in [0, 0.05) is 28.9 Å². The minimum Gasteiger partial charge on any atom is -0.243 e. The maximum absolute atomic E-state index is 2.86. The third-order valence-electron chi connectivity index (χ3n) is 8.23. The van der Waals surface area contributed by atoms with Gasteiger partial charge in [0.05, 0.1) is 0 Å². The van der Waals surface area contributed by atoms with E-state index in [9.17, 15) is 0 Å². The van der Waals surface area contributed by atoms with Gasteiger partial charge in [0.25, 0.3) is 0 Å². The Morgan fingerprint density at radius 1 is 0.400 bits per heavy atom. The number of benzene rings is 2. The van der Waals surface area contributed by atoms with Crippen LogP contribution in [0.15, 0.2) is 60.7 Å². The van der Waals surface area contributed by atoms with E-state index in [0.29, 0.717) is 0 Å². The van der Waals surface area contributed by atoms with E-state index < -0.39 is 58.6 Å². The average molecular weight is 604 g/mol. The van der Waals surface area contributed by atoms with E-state index in [4.69, 9.17) is 0 Å². The van der Waals surface area contributed by atoms with E-state index in [-0.39, 0.29) is 0 Å². The van der Waals surface area contributed by atoms with E-state index in [1.54, 1.807) is 0 Å². The maximum atomic E-state index is 2.86. The Hall–Kier alpha value is 0.175. The van der Waals surface area contributed by atoms with Gasteiger partial charge in [-0.15, -0.1) is 15.2 Å². The van der Waals surface area contributed by atoms with Gasteiger partial charge < -0.3 is 0 Å². The fourth-order valence-electron chi connectivity index (χ4n) is 9.76. The third kappa shape index (κ3) is 5.24. The lowest BCUT2D eigenvalue weighted by atomic mass is 10.4. The molecule has 0 amide bonds. The van der Waals surface area contributed by atoms with Crippen molar-refractivity contribution in [2.75, 3.05) is 0 Å². The molecule has 8 heteroatoms. The van der Waals surface area contributed by atoms with Crippen LogP contribution in [-0.4, -0.2) is 58.6 Å². The summed E-state index contributed by atoms with van der Waals surface area (Å²) in [6, 6.07) is 24.8. The molecule has 0 aliphatic rings. The molecule has 0 nitrogen and oxygen atoms in total. The van der Waals surface area contributed by atoms with E-state index in [0.717, 1.165) is 0 Å². The van der Waals surface area contributed by atoms with Gasteiger partial charge in [0.15, 0.2) is 0 Å². The van der Waals surface area contributed by atoms with Gasteiger partial charge in [-0.1, -0.05) is 169 Å². The molecule has 0 atom stereocenters. The van der Waals surface area contributed by atoms with Crippen molar-refractivity contribution in [1.82, 2.24) is 0 Å². The van der Waals surface area contributed by atoms with Crippen molar-refractivity contribution >= 4 is 68.9 Å². The van der Waals surface area contributed by atoms with E-state index in [2.05, 4.69) is 159 Å². The summed E-state index contributed by atoms with van der Waals surface area (Å²) in [6.45, 7) is 42.5. The first-order valence-electron chi connectivity index (χ1n) is 13.6. The molecular formula is C27H55Si8-. The Balaban J connectivity index is 3.53. The lowest BCUT2D eigenvalue weighted by Crippen LogP contribution is -3.05. The maximum Gasteiger partial charge on any atom is 0.0293 e. The van der Waals surface area contributed by atoms with Gasteiger partial charge in [-0.3, -0.25) is 0 Å². The second kappa shape index (κ2) is 10.1. The zero-order valence-electron chi connectivity index (χ0n) is 25.8. The van der Waals surface area contributed by atoms with Gasteiger partial charge in [-0.25, -0.2) is 7.35 Å². The summed E-state index contributed by atoms with van der Waals surface area (Å²) < 4.78 is 0. The summed E-state index contributed by atoms with van der Waals surface area (Å²) in [5.74, 6) is 0. The van der Waals surface area contributed by atoms with E-state index >= 15 is 0 Å². The van der Waals surface area contributed by atoms with Gasteiger partial charge in [0.2, 0.25) is 0 Å². The van der Waals surface area contributed by atoms with Crippen LogP contribution in [0.5, 0.6) is 0 Å². The van der Waals surface area contributed by atoms with E-state index in [1.165, 1.54) is 0 Å². The first kappa shape index (κ1) is 31.4. The fraction of sp³-hybridized carbons (Fsp3) is 0.556. The molecule has 0 spiro atoms. The first-order chi connectivity index (χ1) is 15.6. The molecule has 2 aromatic rings. The lowest BCUT2D eigenvalue weighted by molar-refractivity contribution is 1.71. The Kier molecular flexibility index (Phi) is 9.01. The van der Waals surface area contributed by atoms with Crippen LogP contribution in [0.2, 0.25) is 98.2 Å². The predicted octanol–water partition coefficient (Wildman–Crippen LogP) is 7.43. The average Bonchev–Trinajstić information content (AvgIpc) is 2.63. The number of hydrogen-bond donors (Lipinski definition) is 0. The molecule has 0 fully saturated rings. The Morgan fingerprint density at radius 2 is 0.657 bits per heavy atom. The molecule has 0 aliphatic carbocycles. The monoisotopic (exact) mass is 603 g/mol. The van der Waals surface area contributed by atoms with Crippen molar-refractivity contribution in [3.8, 4) is 0 Å². The minimum atomic E-state index is -2.08. The summed E-state index contributed by atoms with van der Waals surface area (Å²) >= 11 is 0. The minimum absolute atomic E-state index is 0.599. The van der Waals surface area contributed by atoms with Crippen molar-refractivity contribution < 1.29 is 0 Å². The summed E-state index contributed by atoms with van der Waals surface area (Å²) in [4.78, 5) is 0. The Bertz CT molecular complexity index is 879. The summed E-state index contributed by atoms with van der Waals surface area (Å²) in [7, 11) is -10.2. The van der Waals surface area contributed by atoms with Gasteiger partial charge in [0.1, 0.15) is 0 Å². The molecule has 0 saturated heterocycles. The van der Waals surface area contributed by atoms with Crippen LogP contribution in [0.25, 0.3) is 0 Å². The molecule has 196 valence electrons. The zero-order chi connectivity index (χ0) is 27.3. The molecule has 0 unspecified atom stereocenters. The molecule has 0 bridgehead atoms. The largest absolute Gasteiger partial charge is 0.243 e. The molecule has 0 aliphatic heterocycles. The lowest BCUT2D eigenvalue weighted by Gasteiger charge is -2.77. The fourth-order valence-corrected chi connectivity index (χ4v) is 318. The molecular weight excluding hydrogens is 549 g/mol. The topological polar surface area (TPSA) is 0 Å². The highest BCUT2D eigenvalue weighted by atomic mass is 30.3. The first-order valence-corrected chi connectivity index (χ1v) is 43.6. The molecule has 35 heavy (non-hydrogen) atoms. The van der Waals surface area contributed by atoms with Crippen LogP contribution in [0.3, 0.4) is 0 Å². The molecule has 2 rings (SSSR count). The van der Waals surface area contributed by atoms with E-state index in [1.807, 2.05) is 10.4 Å². The second-order valence-electron chi connectivity index (χ2n) is 15.9. The summed E-state index contributed by atoms with van der Waals surface area (Å²) in [5.41, 5.74) is 0. The summed E-state index contributed by atoms with van der Waals surface area (Å²) in [5, 5.41) is 3.73. The Morgan fingerprint density at radius 3 is 0.857 bits per heavy atom. The highest BCUT2D eigenvalue weighted by Crippen LogP contribution is 2.46. The zero-order valence-corrected chi connectivity index (χ0v) is 33.8. The predicted molar refractivity (Wildman–Crippen MR) is 186 cm³/mol.